The van der Waals surface area contributed by atoms with Gasteiger partial charge in [-0.1, -0.05) is 32.8 Å². The van der Waals surface area contributed by atoms with Crippen LogP contribution < -0.4 is 11.3 Å². The monoisotopic (exact) mass is 221 g/mol. The molecule has 1 rings (SSSR count). The molecule has 0 aliphatic heterocycles. The molecule has 0 spiro atoms. The molecule has 3 heteroatoms. The first-order valence-corrected chi connectivity index (χ1v) is 6.06. The third kappa shape index (κ3) is 3.91. The lowest BCUT2D eigenvalue weighted by atomic mass is 9.94. The van der Waals surface area contributed by atoms with E-state index in [1.165, 1.54) is 18.4 Å². The molecule has 1 heterocycles. The van der Waals surface area contributed by atoms with Crippen LogP contribution in [-0.2, 0) is 0 Å². The van der Waals surface area contributed by atoms with E-state index in [-0.39, 0.29) is 6.04 Å². The second-order valence-corrected chi connectivity index (χ2v) is 4.58. The highest BCUT2D eigenvalue weighted by molar-refractivity contribution is 5.17. The molecule has 1 aromatic rings. The van der Waals surface area contributed by atoms with Gasteiger partial charge in [0.1, 0.15) is 0 Å². The molecule has 0 aliphatic carbocycles. The zero-order chi connectivity index (χ0) is 12.0. The molecule has 0 saturated heterocycles. The number of hydrogen-bond acceptors (Lipinski definition) is 3. The van der Waals surface area contributed by atoms with E-state index in [9.17, 15) is 0 Å². The standard InChI is InChI=1S/C13H23N3/c1-4-5-10(2)8-13(16-14)12-7-6-11(3)15-9-12/h6-7,9-10,13,16H,4-5,8,14H2,1-3H3. The van der Waals surface area contributed by atoms with Gasteiger partial charge in [-0.2, -0.15) is 0 Å². The maximum Gasteiger partial charge on any atom is 0.0477 e. The zero-order valence-corrected chi connectivity index (χ0v) is 10.5. The molecular formula is C13H23N3. The Balaban J connectivity index is 2.63. The lowest BCUT2D eigenvalue weighted by molar-refractivity contribution is 0.394. The van der Waals surface area contributed by atoms with Crippen LogP contribution in [0, 0.1) is 12.8 Å². The van der Waals surface area contributed by atoms with E-state index in [0.717, 1.165) is 12.1 Å². The fraction of sp³-hybridized carbons (Fsp3) is 0.615. The number of nitrogens with one attached hydrogen (secondary N) is 1. The molecular weight excluding hydrogens is 198 g/mol. The zero-order valence-electron chi connectivity index (χ0n) is 10.5. The highest BCUT2D eigenvalue weighted by Crippen LogP contribution is 2.22. The molecule has 16 heavy (non-hydrogen) atoms. The largest absolute Gasteiger partial charge is 0.271 e. The van der Waals surface area contributed by atoms with Crippen molar-refractivity contribution >= 4 is 0 Å². The first-order chi connectivity index (χ1) is 7.67. The highest BCUT2D eigenvalue weighted by Gasteiger charge is 2.13. The van der Waals surface area contributed by atoms with Crippen LogP contribution in [0.1, 0.15) is 50.4 Å². The predicted molar refractivity (Wildman–Crippen MR) is 67.7 cm³/mol. The number of aromatic nitrogens is 1. The molecule has 0 bridgehead atoms. The molecule has 0 fully saturated rings. The fourth-order valence-electron chi connectivity index (χ4n) is 2.00. The Morgan fingerprint density at radius 3 is 2.69 bits per heavy atom. The Bertz CT molecular complexity index is 295. The Kier molecular flexibility index (Phi) is 5.43. The van der Waals surface area contributed by atoms with Crippen molar-refractivity contribution in [3.05, 3.63) is 29.6 Å². The third-order valence-electron chi connectivity index (χ3n) is 2.96. The molecule has 0 amide bonds. The summed E-state index contributed by atoms with van der Waals surface area (Å²) in [5, 5.41) is 0. The van der Waals surface area contributed by atoms with Crippen LogP contribution in [0.25, 0.3) is 0 Å². The summed E-state index contributed by atoms with van der Waals surface area (Å²) in [5.41, 5.74) is 5.11. The molecule has 1 aromatic heterocycles. The molecule has 2 atom stereocenters. The minimum atomic E-state index is 0.217. The van der Waals surface area contributed by atoms with Gasteiger partial charge in [0.25, 0.3) is 0 Å². The number of rotatable bonds is 6. The minimum Gasteiger partial charge on any atom is -0.271 e. The predicted octanol–water partition coefficient (Wildman–Crippen LogP) is 2.72. The fourth-order valence-corrected chi connectivity index (χ4v) is 2.00. The van der Waals surface area contributed by atoms with Crippen molar-refractivity contribution in [1.82, 2.24) is 10.4 Å². The topological polar surface area (TPSA) is 50.9 Å². The Morgan fingerprint density at radius 1 is 1.44 bits per heavy atom. The number of nitrogens with two attached hydrogens (primary N) is 1. The Labute approximate surface area is 98.4 Å². The maximum absolute atomic E-state index is 5.61. The SMILES string of the molecule is CCCC(C)CC(NN)c1ccc(C)nc1. The normalized spacial score (nSPS) is 14.8. The van der Waals surface area contributed by atoms with Gasteiger partial charge in [0.2, 0.25) is 0 Å². The summed E-state index contributed by atoms with van der Waals surface area (Å²) >= 11 is 0. The van der Waals surface area contributed by atoms with E-state index < -0.39 is 0 Å². The summed E-state index contributed by atoms with van der Waals surface area (Å²) in [7, 11) is 0. The van der Waals surface area contributed by atoms with Crippen LogP contribution in [0.4, 0.5) is 0 Å². The second-order valence-electron chi connectivity index (χ2n) is 4.58. The second kappa shape index (κ2) is 6.61. The average molecular weight is 221 g/mol. The Hall–Kier alpha value is -0.930. The van der Waals surface area contributed by atoms with Crippen LogP contribution in [-0.4, -0.2) is 4.98 Å². The van der Waals surface area contributed by atoms with Gasteiger partial charge in [-0.25, -0.2) is 0 Å². The molecule has 0 aromatic carbocycles. The van der Waals surface area contributed by atoms with E-state index in [4.69, 9.17) is 5.84 Å². The van der Waals surface area contributed by atoms with Gasteiger partial charge < -0.3 is 0 Å². The molecule has 2 unspecified atom stereocenters. The third-order valence-corrected chi connectivity index (χ3v) is 2.96. The summed E-state index contributed by atoms with van der Waals surface area (Å²) in [6.45, 7) is 6.48. The van der Waals surface area contributed by atoms with Crippen molar-refractivity contribution in [2.45, 2.75) is 46.1 Å². The van der Waals surface area contributed by atoms with Crippen LogP contribution in [0.2, 0.25) is 0 Å². The quantitative estimate of drug-likeness (QED) is 0.573. The van der Waals surface area contributed by atoms with Gasteiger partial charge in [-0.3, -0.25) is 16.3 Å². The Morgan fingerprint density at radius 2 is 2.19 bits per heavy atom. The van der Waals surface area contributed by atoms with Crippen molar-refractivity contribution in [2.75, 3.05) is 0 Å². The van der Waals surface area contributed by atoms with Crippen molar-refractivity contribution in [3.8, 4) is 0 Å². The first-order valence-electron chi connectivity index (χ1n) is 6.06. The van der Waals surface area contributed by atoms with Crippen molar-refractivity contribution in [2.24, 2.45) is 11.8 Å². The number of nitrogens with zero attached hydrogens (tertiary/aromatic N) is 1. The smallest absolute Gasteiger partial charge is 0.0477 e. The van der Waals surface area contributed by atoms with Gasteiger partial charge in [-0.05, 0) is 30.9 Å². The maximum atomic E-state index is 5.61. The van der Waals surface area contributed by atoms with Crippen molar-refractivity contribution < 1.29 is 0 Å². The molecule has 90 valence electrons. The van der Waals surface area contributed by atoms with Gasteiger partial charge in [-0.15, -0.1) is 0 Å². The van der Waals surface area contributed by atoms with Gasteiger partial charge >= 0.3 is 0 Å². The van der Waals surface area contributed by atoms with Gasteiger partial charge in [0, 0.05) is 17.9 Å². The summed E-state index contributed by atoms with van der Waals surface area (Å²) in [6, 6.07) is 4.35. The van der Waals surface area contributed by atoms with E-state index >= 15 is 0 Å². The number of pyridine rings is 1. The summed E-state index contributed by atoms with van der Waals surface area (Å²) < 4.78 is 0. The molecule has 3 nitrogen and oxygen atoms in total. The lowest BCUT2D eigenvalue weighted by Crippen LogP contribution is -2.29. The van der Waals surface area contributed by atoms with E-state index in [2.05, 4.69) is 30.3 Å². The number of hydrazine groups is 1. The molecule has 3 N–H and O–H groups in total. The van der Waals surface area contributed by atoms with Crippen molar-refractivity contribution in [3.63, 3.8) is 0 Å². The summed E-state index contributed by atoms with van der Waals surface area (Å²) in [5.74, 6) is 6.30. The molecule has 0 radical (unpaired) electrons. The van der Waals surface area contributed by atoms with Gasteiger partial charge in [0.15, 0.2) is 0 Å². The van der Waals surface area contributed by atoms with Crippen LogP contribution >= 0.6 is 0 Å². The van der Waals surface area contributed by atoms with Gasteiger partial charge in [0.05, 0.1) is 0 Å². The van der Waals surface area contributed by atoms with Crippen LogP contribution in [0.15, 0.2) is 18.3 Å². The highest BCUT2D eigenvalue weighted by atomic mass is 15.2. The number of hydrogen-bond donors (Lipinski definition) is 2. The van der Waals surface area contributed by atoms with Crippen LogP contribution in [0.3, 0.4) is 0 Å². The molecule has 0 aliphatic rings. The van der Waals surface area contributed by atoms with E-state index in [1.54, 1.807) is 0 Å². The lowest BCUT2D eigenvalue weighted by Gasteiger charge is -2.20. The van der Waals surface area contributed by atoms with E-state index in [0.29, 0.717) is 5.92 Å². The molecule has 0 saturated carbocycles. The number of aryl methyl sites for hydroxylation is 1. The van der Waals surface area contributed by atoms with E-state index in [1.807, 2.05) is 19.2 Å². The average Bonchev–Trinajstić information content (AvgIpc) is 2.27. The minimum absolute atomic E-state index is 0.217. The van der Waals surface area contributed by atoms with Crippen molar-refractivity contribution in [1.29, 1.82) is 0 Å². The summed E-state index contributed by atoms with van der Waals surface area (Å²) in [4.78, 5) is 4.31. The summed E-state index contributed by atoms with van der Waals surface area (Å²) in [6.07, 6.45) is 5.45. The van der Waals surface area contributed by atoms with Crippen LogP contribution in [0.5, 0.6) is 0 Å². The first kappa shape index (κ1) is 13.1.